The largest absolute Gasteiger partial charge is 0.368 e. The van der Waals surface area contributed by atoms with Gasteiger partial charge in [0.15, 0.2) is 0 Å². The average Bonchev–Trinajstić information content (AvgIpc) is 2.63. The van der Waals surface area contributed by atoms with E-state index in [4.69, 9.17) is 5.73 Å². The Balaban J connectivity index is 2.18. The van der Waals surface area contributed by atoms with E-state index in [1.165, 1.54) is 5.56 Å². The minimum Gasteiger partial charge on any atom is -0.368 e. The van der Waals surface area contributed by atoms with E-state index in [9.17, 15) is 4.39 Å². The molecule has 1 unspecified atom stereocenters. The Kier molecular flexibility index (Phi) is 2.65. The second-order valence-electron chi connectivity index (χ2n) is 4.31. The Morgan fingerprint density at radius 3 is 2.80 bits per heavy atom. The van der Waals surface area contributed by atoms with E-state index >= 15 is 0 Å². The number of benzene rings is 1. The molecule has 2 rings (SSSR count). The topological polar surface area (TPSA) is 29.3 Å². The van der Waals surface area contributed by atoms with Crippen molar-refractivity contribution >= 4 is 5.69 Å². The van der Waals surface area contributed by atoms with Crippen LogP contribution < -0.4 is 10.6 Å². The van der Waals surface area contributed by atoms with Gasteiger partial charge >= 0.3 is 0 Å². The van der Waals surface area contributed by atoms with Gasteiger partial charge in [0.05, 0.1) is 6.54 Å². The van der Waals surface area contributed by atoms with Crippen molar-refractivity contribution in [3.8, 4) is 0 Å². The molecule has 1 aliphatic rings. The first kappa shape index (κ1) is 10.4. The number of hydrogen-bond acceptors (Lipinski definition) is 2. The van der Waals surface area contributed by atoms with Gasteiger partial charge in [-0.1, -0.05) is 18.2 Å². The number of alkyl halides is 1. The number of anilines is 1. The van der Waals surface area contributed by atoms with Gasteiger partial charge < -0.3 is 10.6 Å². The van der Waals surface area contributed by atoms with Crippen molar-refractivity contribution in [1.82, 2.24) is 0 Å². The third-order valence-electron chi connectivity index (χ3n) is 3.13. The summed E-state index contributed by atoms with van der Waals surface area (Å²) in [5.41, 5.74) is 6.58. The molecule has 1 aromatic carbocycles. The van der Waals surface area contributed by atoms with Crippen molar-refractivity contribution in [3.05, 3.63) is 29.8 Å². The number of rotatable bonds is 2. The van der Waals surface area contributed by atoms with Crippen molar-refractivity contribution in [2.75, 3.05) is 24.5 Å². The van der Waals surface area contributed by atoms with Gasteiger partial charge in [0.1, 0.15) is 5.67 Å². The fourth-order valence-electron chi connectivity index (χ4n) is 2.13. The summed E-state index contributed by atoms with van der Waals surface area (Å²) < 4.78 is 13.9. The molecule has 15 heavy (non-hydrogen) atoms. The molecule has 1 heterocycles. The number of halogens is 1. The van der Waals surface area contributed by atoms with Gasteiger partial charge in [-0.05, 0) is 18.6 Å². The summed E-state index contributed by atoms with van der Waals surface area (Å²) in [6.07, 6.45) is 0.540. The van der Waals surface area contributed by atoms with E-state index in [0.717, 1.165) is 12.2 Å². The fourth-order valence-corrected chi connectivity index (χ4v) is 2.13. The van der Waals surface area contributed by atoms with E-state index in [2.05, 4.69) is 17.9 Å². The first-order valence-electron chi connectivity index (χ1n) is 5.34. The summed E-state index contributed by atoms with van der Waals surface area (Å²) in [5, 5.41) is 0. The highest BCUT2D eigenvalue weighted by Gasteiger charge is 2.37. The standard InChI is InChI=1S/C12H17FN2/c1-10-4-2-3-5-11(10)15-7-6-12(13,8-14)9-15/h2-5H,6-9,14H2,1H3. The van der Waals surface area contributed by atoms with Gasteiger partial charge in [0, 0.05) is 25.2 Å². The number of nitrogens with zero attached hydrogens (tertiary/aromatic N) is 1. The molecule has 2 N–H and O–H groups in total. The Morgan fingerprint density at radius 1 is 1.47 bits per heavy atom. The number of para-hydroxylation sites is 1. The molecule has 0 bridgehead atoms. The monoisotopic (exact) mass is 208 g/mol. The van der Waals surface area contributed by atoms with E-state index < -0.39 is 5.67 Å². The first-order valence-corrected chi connectivity index (χ1v) is 5.34. The van der Waals surface area contributed by atoms with Crippen LogP contribution in [0.5, 0.6) is 0 Å². The summed E-state index contributed by atoms with van der Waals surface area (Å²) in [5.74, 6) is 0. The van der Waals surface area contributed by atoms with Crippen LogP contribution in [0.15, 0.2) is 24.3 Å². The molecule has 1 aromatic rings. The van der Waals surface area contributed by atoms with Crippen LogP contribution in [0, 0.1) is 6.92 Å². The molecule has 0 aliphatic carbocycles. The normalized spacial score (nSPS) is 25.9. The summed E-state index contributed by atoms with van der Waals surface area (Å²) in [6.45, 7) is 3.36. The van der Waals surface area contributed by atoms with Crippen LogP contribution in [0.1, 0.15) is 12.0 Å². The Hall–Kier alpha value is -1.09. The quantitative estimate of drug-likeness (QED) is 0.804. The second kappa shape index (κ2) is 3.81. The van der Waals surface area contributed by atoms with Gasteiger partial charge in [-0.2, -0.15) is 0 Å². The lowest BCUT2D eigenvalue weighted by Crippen LogP contribution is -2.36. The molecular formula is C12H17FN2. The molecule has 0 aromatic heterocycles. The van der Waals surface area contributed by atoms with Crippen molar-refractivity contribution in [2.24, 2.45) is 5.73 Å². The maximum Gasteiger partial charge on any atom is 0.142 e. The minimum absolute atomic E-state index is 0.120. The smallest absolute Gasteiger partial charge is 0.142 e. The molecule has 3 heteroatoms. The molecular weight excluding hydrogens is 191 g/mol. The summed E-state index contributed by atoms with van der Waals surface area (Å²) in [6, 6.07) is 8.08. The van der Waals surface area contributed by atoms with Gasteiger partial charge in [-0.15, -0.1) is 0 Å². The maximum atomic E-state index is 13.9. The zero-order chi connectivity index (χ0) is 10.9. The van der Waals surface area contributed by atoms with Crippen molar-refractivity contribution in [3.63, 3.8) is 0 Å². The predicted molar refractivity (Wildman–Crippen MR) is 60.9 cm³/mol. The highest BCUT2D eigenvalue weighted by atomic mass is 19.1. The maximum absolute atomic E-state index is 13.9. The summed E-state index contributed by atoms with van der Waals surface area (Å²) >= 11 is 0. The number of hydrogen-bond donors (Lipinski definition) is 1. The van der Waals surface area contributed by atoms with Crippen LogP contribution in [0.2, 0.25) is 0 Å². The molecule has 1 saturated heterocycles. The lowest BCUT2D eigenvalue weighted by molar-refractivity contribution is 0.204. The van der Waals surface area contributed by atoms with E-state index in [-0.39, 0.29) is 6.54 Å². The number of aryl methyl sites for hydroxylation is 1. The highest BCUT2D eigenvalue weighted by Crippen LogP contribution is 2.30. The molecule has 0 amide bonds. The van der Waals surface area contributed by atoms with Crippen LogP contribution in [-0.2, 0) is 0 Å². The Bertz CT molecular complexity index is 353. The van der Waals surface area contributed by atoms with E-state index in [0.29, 0.717) is 13.0 Å². The highest BCUT2D eigenvalue weighted by molar-refractivity contribution is 5.54. The van der Waals surface area contributed by atoms with Gasteiger partial charge in [0.2, 0.25) is 0 Å². The van der Waals surface area contributed by atoms with Crippen LogP contribution >= 0.6 is 0 Å². The second-order valence-corrected chi connectivity index (χ2v) is 4.31. The van der Waals surface area contributed by atoms with Gasteiger partial charge in [-0.3, -0.25) is 0 Å². The molecule has 0 radical (unpaired) electrons. The molecule has 2 nitrogen and oxygen atoms in total. The average molecular weight is 208 g/mol. The molecule has 0 saturated carbocycles. The van der Waals surface area contributed by atoms with E-state index in [1.54, 1.807) is 0 Å². The molecule has 1 fully saturated rings. The summed E-state index contributed by atoms with van der Waals surface area (Å²) in [7, 11) is 0. The van der Waals surface area contributed by atoms with Crippen LogP contribution in [0.3, 0.4) is 0 Å². The SMILES string of the molecule is Cc1ccccc1N1CCC(F)(CN)C1. The van der Waals surface area contributed by atoms with Gasteiger partial charge in [0.25, 0.3) is 0 Å². The minimum atomic E-state index is -1.19. The van der Waals surface area contributed by atoms with Gasteiger partial charge in [-0.25, -0.2) is 4.39 Å². The van der Waals surface area contributed by atoms with Crippen molar-refractivity contribution in [2.45, 2.75) is 19.0 Å². The van der Waals surface area contributed by atoms with Crippen molar-refractivity contribution in [1.29, 1.82) is 0 Å². The molecule has 0 spiro atoms. The fraction of sp³-hybridized carbons (Fsp3) is 0.500. The third kappa shape index (κ3) is 1.97. The van der Waals surface area contributed by atoms with Crippen molar-refractivity contribution < 1.29 is 4.39 Å². The predicted octanol–water partition coefficient (Wildman–Crippen LogP) is 1.87. The van der Waals surface area contributed by atoms with Crippen LogP contribution in [-0.4, -0.2) is 25.3 Å². The molecule has 1 aliphatic heterocycles. The zero-order valence-electron chi connectivity index (χ0n) is 9.04. The Labute approximate surface area is 89.9 Å². The zero-order valence-corrected chi connectivity index (χ0v) is 9.04. The first-order chi connectivity index (χ1) is 7.14. The summed E-state index contributed by atoms with van der Waals surface area (Å²) in [4.78, 5) is 2.09. The lowest BCUT2D eigenvalue weighted by Gasteiger charge is -2.22. The Morgan fingerprint density at radius 2 is 2.20 bits per heavy atom. The van der Waals surface area contributed by atoms with E-state index in [1.807, 2.05) is 18.2 Å². The lowest BCUT2D eigenvalue weighted by atomic mass is 10.1. The molecule has 1 atom stereocenters. The van der Waals surface area contributed by atoms with Crippen LogP contribution in [0.4, 0.5) is 10.1 Å². The number of nitrogens with two attached hydrogens (primary N) is 1. The third-order valence-corrected chi connectivity index (χ3v) is 3.13. The van der Waals surface area contributed by atoms with Crippen LogP contribution in [0.25, 0.3) is 0 Å². The molecule has 82 valence electrons.